The summed E-state index contributed by atoms with van der Waals surface area (Å²) in [6.07, 6.45) is 2.62. The Morgan fingerprint density at radius 3 is 2.46 bits per heavy atom. The molecule has 1 N–H and O–H groups in total. The van der Waals surface area contributed by atoms with Crippen LogP contribution < -0.4 is 10.1 Å². The summed E-state index contributed by atoms with van der Waals surface area (Å²) in [6, 6.07) is 12.9. The van der Waals surface area contributed by atoms with Gasteiger partial charge in [0.05, 0.1) is 11.3 Å². The van der Waals surface area contributed by atoms with Crippen molar-refractivity contribution in [3.05, 3.63) is 59.9 Å². The lowest BCUT2D eigenvalue weighted by Crippen LogP contribution is -2.37. The van der Waals surface area contributed by atoms with Crippen LogP contribution in [0.1, 0.15) is 43.0 Å². The van der Waals surface area contributed by atoms with E-state index in [0.717, 1.165) is 32.4 Å². The van der Waals surface area contributed by atoms with E-state index in [1.807, 2.05) is 4.90 Å². The molecule has 6 heteroatoms. The Labute approximate surface area is 164 Å². The van der Waals surface area contributed by atoms with Gasteiger partial charge >= 0.3 is 0 Å². The van der Waals surface area contributed by atoms with Crippen LogP contribution in [-0.4, -0.2) is 35.9 Å². The number of likely N-dealkylation sites (tertiary alicyclic amines) is 1. The molecule has 28 heavy (non-hydrogen) atoms. The van der Waals surface area contributed by atoms with E-state index in [4.69, 9.17) is 4.74 Å². The number of para-hydroxylation sites is 2. The summed E-state index contributed by atoms with van der Waals surface area (Å²) in [5.41, 5.74) is 0.900. The SMILES string of the molecule is CCC(Oc1ccccc1F)C(=O)Nc1ccccc1C(=O)N1CCCCC1. The zero-order chi connectivity index (χ0) is 19.9. The van der Waals surface area contributed by atoms with Crippen LogP contribution in [-0.2, 0) is 4.79 Å². The Balaban J connectivity index is 1.74. The van der Waals surface area contributed by atoms with E-state index in [1.54, 1.807) is 43.3 Å². The van der Waals surface area contributed by atoms with E-state index in [1.165, 1.54) is 12.1 Å². The van der Waals surface area contributed by atoms with Gasteiger partial charge in [0.25, 0.3) is 11.8 Å². The van der Waals surface area contributed by atoms with Gasteiger partial charge in [0.1, 0.15) is 0 Å². The zero-order valence-corrected chi connectivity index (χ0v) is 16.0. The minimum Gasteiger partial charge on any atom is -0.478 e. The fraction of sp³-hybridized carbons (Fsp3) is 0.364. The fourth-order valence-electron chi connectivity index (χ4n) is 3.27. The van der Waals surface area contributed by atoms with Crippen molar-refractivity contribution >= 4 is 17.5 Å². The van der Waals surface area contributed by atoms with Gasteiger partial charge in [-0.25, -0.2) is 4.39 Å². The minimum atomic E-state index is -0.866. The number of benzene rings is 2. The van der Waals surface area contributed by atoms with Gasteiger partial charge in [-0.3, -0.25) is 9.59 Å². The quantitative estimate of drug-likeness (QED) is 0.810. The normalized spacial score (nSPS) is 15.0. The second-order valence-electron chi connectivity index (χ2n) is 6.83. The lowest BCUT2D eigenvalue weighted by Gasteiger charge is -2.27. The molecular formula is C22H25FN2O3. The lowest BCUT2D eigenvalue weighted by atomic mass is 10.1. The predicted octanol–water partition coefficient (Wildman–Crippen LogP) is 4.25. The van der Waals surface area contributed by atoms with Crippen molar-refractivity contribution in [2.45, 2.75) is 38.7 Å². The van der Waals surface area contributed by atoms with Gasteiger partial charge in [0.15, 0.2) is 17.7 Å². The summed E-state index contributed by atoms with van der Waals surface area (Å²) in [4.78, 5) is 27.4. The number of ether oxygens (including phenoxy) is 1. The first kappa shape index (κ1) is 19.9. The van der Waals surface area contributed by atoms with Crippen molar-refractivity contribution in [3.63, 3.8) is 0 Å². The summed E-state index contributed by atoms with van der Waals surface area (Å²) in [6.45, 7) is 3.25. The first-order chi connectivity index (χ1) is 13.6. The van der Waals surface area contributed by atoms with Crippen LogP contribution in [0, 0.1) is 5.82 Å². The highest BCUT2D eigenvalue weighted by Gasteiger charge is 2.24. The van der Waals surface area contributed by atoms with E-state index < -0.39 is 17.8 Å². The molecule has 1 aliphatic heterocycles. The average Bonchev–Trinajstić information content (AvgIpc) is 2.73. The number of hydrogen-bond donors (Lipinski definition) is 1. The van der Waals surface area contributed by atoms with Crippen LogP contribution in [0.2, 0.25) is 0 Å². The van der Waals surface area contributed by atoms with Gasteiger partial charge in [-0.05, 0) is 49.9 Å². The van der Waals surface area contributed by atoms with Crippen molar-refractivity contribution in [1.82, 2.24) is 4.90 Å². The molecule has 0 radical (unpaired) electrons. The van der Waals surface area contributed by atoms with E-state index in [0.29, 0.717) is 17.7 Å². The van der Waals surface area contributed by atoms with Crippen LogP contribution >= 0.6 is 0 Å². The Morgan fingerprint density at radius 2 is 1.75 bits per heavy atom. The summed E-state index contributed by atoms with van der Waals surface area (Å²) in [7, 11) is 0. The first-order valence-corrected chi connectivity index (χ1v) is 9.70. The van der Waals surface area contributed by atoms with Crippen molar-refractivity contribution in [2.75, 3.05) is 18.4 Å². The molecule has 1 atom stereocenters. The Bertz CT molecular complexity index is 834. The fourth-order valence-corrected chi connectivity index (χ4v) is 3.27. The molecule has 2 aromatic carbocycles. The van der Waals surface area contributed by atoms with Crippen LogP contribution in [0.25, 0.3) is 0 Å². The van der Waals surface area contributed by atoms with Crippen molar-refractivity contribution in [1.29, 1.82) is 0 Å². The number of halogens is 1. The van der Waals surface area contributed by atoms with Crippen LogP contribution in [0.3, 0.4) is 0 Å². The molecule has 2 aromatic rings. The van der Waals surface area contributed by atoms with Crippen LogP contribution in [0.4, 0.5) is 10.1 Å². The van der Waals surface area contributed by atoms with Crippen molar-refractivity contribution in [2.24, 2.45) is 0 Å². The Morgan fingerprint density at radius 1 is 1.07 bits per heavy atom. The number of carbonyl (C=O) groups is 2. The number of nitrogens with one attached hydrogen (secondary N) is 1. The molecule has 0 saturated carbocycles. The van der Waals surface area contributed by atoms with Gasteiger partial charge < -0.3 is 15.0 Å². The minimum absolute atomic E-state index is 0.0298. The topological polar surface area (TPSA) is 58.6 Å². The number of rotatable bonds is 6. The maximum atomic E-state index is 13.8. The molecule has 1 unspecified atom stereocenters. The number of amides is 2. The third-order valence-corrected chi connectivity index (χ3v) is 4.83. The summed E-state index contributed by atoms with van der Waals surface area (Å²) in [5, 5.41) is 2.79. The second kappa shape index (κ2) is 9.35. The van der Waals surface area contributed by atoms with Crippen LogP contribution in [0.5, 0.6) is 5.75 Å². The molecule has 1 heterocycles. The third kappa shape index (κ3) is 4.68. The molecule has 0 aromatic heterocycles. The highest BCUT2D eigenvalue weighted by Crippen LogP contribution is 2.22. The monoisotopic (exact) mass is 384 g/mol. The third-order valence-electron chi connectivity index (χ3n) is 4.83. The molecule has 148 valence electrons. The van der Waals surface area contributed by atoms with Gasteiger partial charge in [-0.2, -0.15) is 0 Å². The van der Waals surface area contributed by atoms with Gasteiger partial charge in [0, 0.05) is 13.1 Å². The summed E-state index contributed by atoms with van der Waals surface area (Å²) >= 11 is 0. The summed E-state index contributed by atoms with van der Waals surface area (Å²) in [5.74, 6) is -0.986. The number of anilines is 1. The van der Waals surface area contributed by atoms with Gasteiger partial charge in [0.2, 0.25) is 0 Å². The van der Waals surface area contributed by atoms with E-state index in [9.17, 15) is 14.0 Å². The van der Waals surface area contributed by atoms with Gasteiger partial charge in [-0.15, -0.1) is 0 Å². The number of nitrogens with zero attached hydrogens (tertiary/aromatic N) is 1. The standard InChI is InChI=1S/C22H25FN2O3/c1-2-19(28-20-13-7-5-11-17(20)23)21(26)24-18-12-6-4-10-16(18)22(27)25-14-8-3-9-15-25/h4-7,10-13,19H,2-3,8-9,14-15H2,1H3,(H,24,26). The molecule has 0 spiro atoms. The second-order valence-corrected chi connectivity index (χ2v) is 6.83. The molecule has 5 nitrogen and oxygen atoms in total. The first-order valence-electron chi connectivity index (χ1n) is 9.70. The van der Waals surface area contributed by atoms with E-state index in [-0.39, 0.29) is 11.7 Å². The molecular weight excluding hydrogens is 359 g/mol. The number of piperidine rings is 1. The van der Waals surface area contributed by atoms with Crippen LogP contribution in [0.15, 0.2) is 48.5 Å². The molecule has 0 bridgehead atoms. The molecule has 1 saturated heterocycles. The van der Waals surface area contributed by atoms with E-state index >= 15 is 0 Å². The largest absolute Gasteiger partial charge is 0.478 e. The highest BCUT2D eigenvalue weighted by atomic mass is 19.1. The zero-order valence-electron chi connectivity index (χ0n) is 16.0. The maximum absolute atomic E-state index is 13.8. The summed E-state index contributed by atoms with van der Waals surface area (Å²) < 4.78 is 19.4. The molecule has 2 amide bonds. The molecule has 3 rings (SSSR count). The van der Waals surface area contributed by atoms with Crippen molar-refractivity contribution < 1.29 is 18.7 Å². The number of hydrogen-bond acceptors (Lipinski definition) is 3. The average molecular weight is 384 g/mol. The smallest absolute Gasteiger partial charge is 0.265 e. The Kier molecular flexibility index (Phi) is 6.63. The van der Waals surface area contributed by atoms with Crippen molar-refractivity contribution in [3.8, 4) is 5.75 Å². The number of carbonyl (C=O) groups excluding carboxylic acids is 2. The maximum Gasteiger partial charge on any atom is 0.265 e. The van der Waals surface area contributed by atoms with Gasteiger partial charge in [-0.1, -0.05) is 31.2 Å². The van der Waals surface area contributed by atoms with E-state index in [2.05, 4.69) is 5.32 Å². The molecule has 0 aliphatic carbocycles. The lowest BCUT2D eigenvalue weighted by molar-refractivity contribution is -0.122. The molecule has 1 aliphatic rings. The Hall–Kier alpha value is -2.89. The predicted molar refractivity (Wildman–Crippen MR) is 106 cm³/mol. The highest BCUT2D eigenvalue weighted by molar-refractivity contribution is 6.04. The molecule has 1 fully saturated rings.